The summed E-state index contributed by atoms with van der Waals surface area (Å²) in [5, 5.41) is 2.26. The Morgan fingerprint density at radius 3 is 2.48 bits per heavy atom. The molecule has 3 aromatic rings. The predicted molar refractivity (Wildman–Crippen MR) is 112 cm³/mol. The molecule has 0 radical (unpaired) electrons. The maximum absolute atomic E-state index is 12.5. The smallest absolute Gasteiger partial charge is 0.358 e. The van der Waals surface area contributed by atoms with Gasteiger partial charge in [0.05, 0.1) is 0 Å². The van der Waals surface area contributed by atoms with Crippen LogP contribution >= 0.6 is 11.3 Å². The zero-order valence-corrected chi connectivity index (χ0v) is 17.3. The Kier molecular flexibility index (Phi) is 6.61. The molecular weight excluding hydrogens is 388 g/mol. The van der Waals surface area contributed by atoms with Crippen molar-refractivity contribution in [3.05, 3.63) is 76.2 Å². The molecule has 0 aliphatic carbocycles. The van der Waals surface area contributed by atoms with E-state index in [0.717, 1.165) is 17.0 Å². The number of esters is 1. The quantitative estimate of drug-likeness (QED) is 0.545. The molecule has 1 unspecified atom stereocenters. The van der Waals surface area contributed by atoms with Crippen LogP contribution in [0.4, 0.5) is 5.69 Å². The zero-order chi connectivity index (χ0) is 20.8. The lowest BCUT2D eigenvalue weighted by Crippen LogP contribution is -2.37. The van der Waals surface area contributed by atoms with Crippen LogP contribution in [-0.4, -0.2) is 30.0 Å². The summed E-state index contributed by atoms with van der Waals surface area (Å²) in [6.45, 7) is 3.81. The van der Waals surface area contributed by atoms with Crippen molar-refractivity contribution in [2.75, 3.05) is 11.9 Å². The molecule has 0 aliphatic heterocycles. The van der Waals surface area contributed by atoms with E-state index in [4.69, 9.17) is 9.47 Å². The topological polar surface area (TPSA) is 68.7 Å². The van der Waals surface area contributed by atoms with Crippen LogP contribution in [0.5, 0.6) is 5.75 Å². The molecule has 0 spiro atoms. The van der Waals surface area contributed by atoms with E-state index in [0.29, 0.717) is 5.01 Å². The van der Waals surface area contributed by atoms with E-state index >= 15 is 0 Å². The Morgan fingerprint density at radius 2 is 1.79 bits per heavy atom. The second-order valence-corrected chi connectivity index (χ2v) is 7.45. The highest BCUT2D eigenvalue weighted by atomic mass is 32.1. The van der Waals surface area contributed by atoms with Gasteiger partial charge in [-0.1, -0.05) is 35.9 Å². The van der Waals surface area contributed by atoms with Crippen LogP contribution in [0, 0.1) is 6.92 Å². The number of carbonyl (C=O) groups is 2. The molecule has 0 saturated heterocycles. The second kappa shape index (κ2) is 9.34. The number of likely N-dealkylation sites (N-methyl/N-ethyl adjacent to an activating group) is 1. The fourth-order valence-corrected chi connectivity index (χ4v) is 3.25. The molecule has 0 fully saturated rings. The summed E-state index contributed by atoms with van der Waals surface area (Å²) in [5.41, 5.74) is 2.04. The van der Waals surface area contributed by atoms with Crippen LogP contribution < -0.4 is 9.64 Å². The number of hydrogen-bond acceptors (Lipinski definition) is 6. The van der Waals surface area contributed by atoms with E-state index in [1.807, 2.05) is 61.5 Å². The molecule has 3 rings (SSSR count). The van der Waals surface area contributed by atoms with Crippen LogP contribution in [0.15, 0.2) is 60.0 Å². The first-order valence-corrected chi connectivity index (χ1v) is 9.99. The minimum Gasteiger partial charge on any atom is -0.486 e. The average Bonchev–Trinajstić information content (AvgIpc) is 3.22. The van der Waals surface area contributed by atoms with Gasteiger partial charge in [-0.05, 0) is 38.1 Å². The summed E-state index contributed by atoms with van der Waals surface area (Å²) in [5.74, 6) is -0.217. The Morgan fingerprint density at radius 1 is 1.10 bits per heavy atom. The number of aryl methyl sites for hydroxylation is 1. The van der Waals surface area contributed by atoms with Crippen LogP contribution in [0.2, 0.25) is 0 Å². The van der Waals surface area contributed by atoms with Gasteiger partial charge >= 0.3 is 5.97 Å². The van der Waals surface area contributed by atoms with Gasteiger partial charge in [-0.2, -0.15) is 0 Å². The Bertz CT molecular complexity index is 970. The van der Waals surface area contributed by atoms with Crippen LogP contribution in [0.1, 0.15) is 28.0 Å². The normalized spacial score (nSPS) is 11.6. The van der Waals surface area contributed by atoms with E-state index < -0.39 is 12.1 Å². The molecule has 0 saturated carbocycles. The van der Waals surface area contributed by atoms with Crippen molar-refractivity contribution in [1.29, 1.82) is 0 Å². The maximum atomic E-state index is 12.5. The fraction of sp³-hybridized carbons (Fsp3) is 0.227. The third kappa shape index (κ3) is 5.42. The molecule has 1 amide bonds. The van der Waals surface area contributed by atoms with Crippen LogP contribution in [-0.2, 0) is 16.1 Å². The van der Waals surface area contributed by atoms with Crippen LogP contribution in [0.25, 0.3) is 0 Å². The van der Waals surface area contributed by atoms with Gasteiger partial charge < -0.3 is 14.4 Å². The summed E-state index contributed by atoms with van der Waals surface area (Å²) in [6.07, 6.45) is -0.929. The van der Waals surface area contributed by atoms with Gasteiger partial charge in [0.25, 0.3) is 5.91 Å². The highest BCUT2D eigenvalue weighted by molar-refractivity contribution is 7.09. The van der Waals surface area contributed by atoms with Crippen molar-refractivity contribution < 1.29 is 19.1 Å². The van der Waals surface area contributed by atoms with Crippen molar-refractivity contribution in [1.82, 2.24) is 4.98 Å². The third-order valence-electron chi connectivity index (χ3n) is 4.25. The second-order valence-electron chi connectivity index (χ2n) is 6.51. The number of carbonyl (C=O) groups excluding carboxylic acids is 2. The summed E-state index contributed by atoms with van der Waals surface area (Å²) in [7, 11) is 1.64. The largest absolute Gasteiger partial charge is 0.486 e. The minimum atomic E-state index is -0.929. The molecule has 6 nitrogen and oxygen atoms in total. The molecule has 0 aliphatic rings. The molecule has 1 aromatic heterocycles. The molecule has 150 valence electrons. The van der Waals surface area contributed by atoms with Crippen molar-refractivity contribution >= 4 is 28.9 Å². The number of rotatable bonds is 7. The number of nitrogens with zero attached hydrogens (tertiary/aromatic N) is 2. The summed E-state index contributed by atoms with van der Waals surface area (Å²) >= 11 is 1.31. The number of thiazole rings is 1. The standard InChI is InChI=1S/C22H22N2O4S/c1-15-9-11-18(12-10-15)27-13-20-23-19(14-29-20)22(26)28-16(2)21(25)24(3)17-7-5-4-6-8-17/h4-12,14,16H,13H2,1-3H3. The van der Waals surface area contributed by atoms with Gasteiger partial charge in [0.1, 0.15) is 17.4 Å². The van der Waals surface area contributed by atoms with Gasteiger partial charge in [-0.15, -0.1) is 11.3 Å². The Labute approximate surface area is 173 Å². The van der Waals surface area contributed by atoms with Crippen molar-refractivity contribution in [3.63, 3.8) is 0 Å². The number of anilines is 1. The van der Waals surface area contributed by atoms with Crippen molar-refractivity contribution in [2.45, 2.75) is 26.6 Å². The molecule has 2 aromatic carbocycles. The van der Waals surface area contributed by atoms with Crippen molar-refractivity contribution in [3.8, 4) is 5.75 Å². The van der Waals surface area contributed by atoms with Gasteiger partial charge in [-0.25, -0.2) is 9.78 Å². The molecule has 1 heterocycles. The number of hydrogen-bond donors (Lipinski definition) is 0. The number of amides is 1. The molecular formula is C22H22N2O4S. The van der Waals surface area contributed by atoms with E-state index in [1.54, 1.807) is 19.4 Å². The molecule has 29 heavy (non-hydrogen) atoms. The number of aromatic nitrogens is 1. The zero-order valence-electron chi connectivity index (χ0n) is 16.5. The first kappa shape index (κ1) is 20.5. The highest BCUT2D eigenvalue weighted by Crippen LogP contribution is 2.18. The van der Waals surface area contributed by atoms with Crippen LogP contribution in [0.3, 0.4) is 0 Å². The summed E-state index contributed by atoms with van der Waals surface area (Å²) < 4.78 is 11.0. The Hall–Kier alpha value is -3.19. The highest BCUT2D eigenvalue weighted by Gasteiger charge is 2.24. The van der Waals surface area contributed by atoms with E-state index in [1.165, 1.54) is 16.2 Å². The van der Waals surface area contributed by atoms with Gasteiger partial charge in [-0.3, -0.25) is 4.79 Å². The fourth-order valence-electron chi connectivity index (χ4n) is 2.57. The average molecular weight is 410 g/mol. The van der Waals surface area contributed by atoms with Crippen molar-refractivity contribution in [2.24, 2.45) is 0 Å². The minimum absolute atomic E-state index is 0.166. The van der Waals surface area contributed by atoms with E-state index in [-0.39, 0.29) is 18.2 Å². The van der Waals surface area contributed by atoms with Gasteiger partial charge in [0.15, 0.2) is 11.8 Å². The monoisotopic (exact) mass is 410 g/mol. The molecule has 7 heteroatoms. The van der Waals surface area contributed by atoms with E-state index in [9.17, 15) is 9.59 Å². The third-order valence-corrected chi connectivity index (χ3v) is 5.07. The van der Waals surface area contributed by atoms with E-state index in [2.05, 4.69) is 4.98 Å². The lowest BCUT2D eigenvalue weighted by Gasteiger charge is -2.21. The molecule has 0 N–H and O–H groups in total. The molecule has 0 bridgehead atoms. The SMILES string of the molecule is Cc1ccc(OCc2nc(C(=O)OC(C)C(=O)N(C)c3ccccc3)cs2)cc1. The number of ether oxygens (including phenoxy) is 2. The van der Waals surface area contributed by atoms with Gasteiger partial charge in [0, 0.05) is 18.1 Å². The van der Waals surface area contributed by atoms with Gasteiger partial charge in [0.2, 0.25) is 0 Å². The molecule has 1 atom stereocenters. The summed E-state index contributed by atoms with van der Waals surface area (Å²) in [4.78, 5) is 30.6. The lowest BCUT2D eigenvalue weighted by molar-refractivity contribution is -0.126. The number of benzene rings is 2. The predicted octanol–water partition coefficient (Wildman–Crippen LogP) is 4.24. The first-order valence-electron chi connectivity index (χ1n) is 9.11. The summed E-state index contributed by atoms with van der Waals surface area (Å²) in [6, 6.07) is 16.9. The Balaban J connectivity index is 1.55. The number of para-hydroxylation sites is 1. The lowest BCUT2D eigenvalue weighted by atomic mass is 10.2. The maximum Gasteiger partial charge on any atom is 0.358 e. The first-order chi connectivity index (χ1) is 13.9.